The van der Waals surface area contributed by atoms with Gasteiger partial charge >= 0.3 is 0 Å². The molecule has 0 fully saturated rings. The lowest BCUT2D eigenvalue weighted by atomic mass is 10.0. The van der Waals surface area contributed by atoms with E-state index in [0.717, 1.165) is 18.4 Å². The van der Waals surface area contributed by atoms with Gasteiger partial charge in [-0.05, 0) is 34.5 Å². The van der Waals surface area contributed by atoms with E-state index in [1.807, 2.05) is 0 Å². The van der Waals surface area contributed by atoms with Crippen LogP contribution in [0, 0.1) is 0 Å². The van der Waals surface area contributed by atoms with E-state index in [1.54, 1.807) is 19.2 Å². The molecule has 0 amide bonds. The van der Waals surface area contributed by atoms with Crippen molar-refractivity contribution in [2.45, 2.75) is 25.8 Å². The van der Waals surface area contributed by atoms with Gasteiger partial charge in [0.05, 0.1) is 11.6 Å². The number of nitrogens with two attached hydrogens (primary N) is 1. The number of hydrogen-bond acceptors (Lipinski definition) is 3. The fourth-order valence-electron chi connectivity index (χ4n) is 1.46. The number of halogens is 1. The minimum Gasteiger partial charge on any atom is -0.506 e. The first-order chi connectivity index (χ1) is 7.10. The molecule has 4 heteroatoms. The van der Waals surface area contributed by atoms with E-state index in [1.165, 1.54) is 0 Å². The van der Waals surface area contributed by atoms with Gasteiger partial charge in [-0.3, -0.25) is 0 Å². The summed E-state index contributed by atoms with van der Waals surface area (Å²) in [5.41, 5.74) is 6.69. The van der Waals surface area contributed by atoms with E-state index in [4.69, 9.17) is 10.5 Å². The molecule has 0 saturated carbocycles. The van der Waals surface area contributed by atoms with Crippen LogP contribution >= 0.6 is 15.9 Å². The number of hydrogen-bond donors (Lipinski definition) is 2. The molecule has 3 N–H and O–H groups in total. The van der Waals surface area contributed by atoms with E-state index < -0.39 is 0 Å². The summed E-state index contributed by atoms with van der Waals surface area (Å²) in [5.74, 6) is 0.901. The molecule has 0 spiro atoms. The summed E-state index contributed by atoms with van der Waals surface area (Å²) in [4.78, 5) is 0. The first-order valence-electron chi connectivity index (χ1n) is 4.92. The zero-order valence-electron chi connectivity index (χ0n) is 8.96. The van der Waals surface area contributed by atoms with Crippen molar-refractivity contribution in [1.82, 2.24) is 0 Å². The maximum atomic E-state index is 9.83. The van der Waals surface area contributed by atoms with E-state index in [9.17, 15) is 5.11 Å². The zero-order chi connectivity index (χ0) is 11.4. The molecule has 84 valence electrons. The van der Waals surface area contributed by atoms with Gasteiger partial charge in [-0.2, -0.15) is 0 Å². The monoisotopic (exact) mass is 273 g/mol. The van der Waals surface area contributed by atoms with Crippen molar-refractivity contribution in [2.75, 3.05) is 7.11 Å². The molecular weight excluding hydrogens is 258 g/mol. The van der Waals surface area contributed by atoms with Gasteiger partial charge < -0.3 is 15.6 Å². The van der Waals surface area contributed by atoms with Crippen LogP contribution in [-0.4, -0.2) is 12.2 Å². The van der Waals surface area contributed by atoms with Gasteiger partial charge in [0.2, 0.25) is 0 Å². The highest BCUT2D eigenvalue weighted by Crippen LogP contribution is 2.36. The minimum atomic E-state index is -0.151. The molecule has 0 aliphatic rings. The topological polar surface area (TPSA) is 55.5 Å². The molecule has 3 nitrogen and oxygen atoms in total. The largest absolute Gasteiger partial charge is 0.506 e. The van der Waals surface area contributed by atoms with Crippen LogP contribution in [0.2, 0.25) is 0 Å². The molecule has 0 heterocycles. The van der Waals surface area contributed by atoms with Crippen molar-refractivity contribution in [3.8, 4) is 11.5 Å². The lowest BCUT2D eigenvalue weighted by Crippen LogP contribution is -2.10. The average molecular weight is 274 g/mol. The Morgan fingerprint density at radius 1 is 1.53 bits per heavy atom. The zero-order valence-corrected chi connectivity index (χ0v) is 10.5. The molecule has 0 unspecified atom stereocenters. The van der Waals surface area contributed by atoms with E-state index in [0.29, 0.717) is 10.2 Å². The molecule has 1 rings (SSSR count). The van der Waals surface area contributed by atoms with Crippen LogP contribution in [-0.2, 0) is 0 Å². The van der Waals surface area contributed by atoms with Crippen LogP contribution in [0.1, 0.15) is 31.4 Å². The Morgan fingerprint density at radius 3 is 2.73 bits per heavy atom. The molecule has 0 aliphatic heterocycles. The van der Waals surface area contributed by atoms with Gasteiger partial charge in [-0.15, -0.1) is 0 Å². The molecular formula is C11H16BrNO2. The van der Waals surface area contributed by atoms with E-state index >= 15 is 0 Å². The maximum Gasteiger partial charge on any atom is 0.134 e. The molecule has 0 aromatic heterocycles. The van der Waals surface area contributed by atoms with Crippen molar-refractivity contribution >= 4 is 15.9 Å². The number of rotatable bonds is 4. The van der Waals surface area contributed by atoms with Gasteiger partial charge in [-0.1, -0.05) is 13.3 Å². The maximum absolute atomic E-state index is 9.83. The highest BCUT2D eigenvalue weighted by Gasteiger charge is 2.14. The quantitative estimate of drug-likeness (QED) is 0.887. The molecule has 0 bridgehead atoms. The number of benzene rings is 1. The molecule has 1 atom stereocenters. The molecule has 1 aromatic rings. The second kappa shape index (κ2) is 5.37. The van der Waals surface area contributed by atoms with Gasteiger partial charge in [0.1, 0.15) is 11.5 Å². The second-order valence-electron chi connectivity index (χ2n) is 3.44. The SMILES string of the molecule is CCC[C@H](N)c1cc(OC)cc(Br)c1O. The van der Waals surface area contributed by atoms with Crippen molar-refractivity contribution in [2.24, 2.45) is 5.73 Å². The van der Waals surface area contributed by atoms with Crippen molar-refractivity contribution in [3.05, 3.63) is 22.2 Å². The molecule has 0 aliphatic carbocycles. The summed E-state index contributed by atoms with van der Waals surface area (Å²) in [5, 5.41) is 9.83. The van der Waals surface area contributed by atoms with Crippen LogP contribution in [0.15, 0.2) is 16.6 Å². The first kappa shape index (κ1) is 12.3. The number of phenols is 1. The summed E-state index contributed by atoms with van der Waals surface area (Å²) in [7, 11) is 1.59. The summed E-state index contributed by atoms with van der Waals surface area (Å²) in [6.45, 7) is 2.06. The van der Waals surface area contributed by atoms with Crippen LogP contribution in [0.25, 0.3) is 0 Å². The van der Waals surface area contributed by atoms with Gasteiger partial charge in [0.25, 0.3) is 0 Å². The predicted octanol–water partition coefficient (Wildman–Crippen LogP) is 2.96. The van der Waals surface area contributed by atoms with E-state index in [-0.39, 0.29) is 11.8 Å². The standard InChI is InChI=1S/C11H16BrNO2/c1-3-4-10(13)8-5-7(15-2)6-9(12)11(8)14/h5-6,10,14H,3-4,13H2,1-2H3/t10-/m0/s1. The molecule has 15 heavy (non-hydrogen) atoms. The predicted molar refractivity (Wildman–Crippen MR) is 64.2 cm³/mol. The normalized spacial score (nSPS) is 12.5. The highest BCUT2D eigenvalue weighted by molar-refractivity contribution is 9.10. The van der Waals surface area contributed by atoms with Crippen LogP contribution in [0.5, 0.6) is 11.5 Å². The molecule has 0 saturated heterocycles. The van der Waals surface area contributed by atoms with Crippen LogP contribution < -0.4 is 10.5 Å². The third kappa shape index (κ3) is 2.86. The Kier molecular flexibility index (Phi) is 4.42. The summed E-state index contributed by atoms with van der Waals surface area (Å²) >= 11 is 3.27. The number of aromatic hydroxyl groups is 1. The van der Waals surface area contributed by atoms with Crippen molar-refractivity contribution in [1.29, 1.82) is 0 Å². The average Bonchev–Trinajstić information content (AvgIpc) is 2.22. The second-order valence-corrected chi connectivity index (χ2v) is 4.30. The third-order valence-corrected chi connectivity index (χ3v) is 2.91. The summed E-state index contributed by atoms with van der Waals surface area (Å²) in [6.07, 6.45) is 1.82. The smallest absolute Gasteiger partial charge is 0.134 e. The van der Waals surface area contributed by atoms with Crippen LogP contribution in [0.3, 0.4) is 0 Å². The lowest BCUT2D eigenvalue weighted by molar-refractivity contribution is 0.407. The Morgan fingerprint density at radius 2 is 2.20 bits per heavy atom. The number of methoxy groups -OCH3 is 1. The fourth-order valence-corrected chi connectivity index (χ4v) is 1.92. The fraction of sp³-hybridized carbons (Fsp3) is 0.455. The van der Waals surface area contributed by atoms with E-state index in [2.05, 4.69) is 22.9 Å². The Bertz CT molecular complexity index is 342. The first-order valence-corrected chi connectivity index (χ1v) is 5.71. The molecule has 0 radical (unpaired) electrons. The third-order valence-electron chi connectivity index (χ3n) is 2.30. The van der Waals surface area contributed by atoms with Crippen LogP contribution in [0.4, 0.5) is 0 Å². The Balaban J connectivity index is 3.09. The minimum absolute atomic E-state index is 0.151. The highest BCUT2D eigenvalue weighted by atomic mass is 79.9. The van der Waals surface area contributed by atoms with Crippen molar-refractivity contribution in [3.63, 3.8) is 0 Å². The Labute approximate surface area is 98.4 Å². The number of ether oxygens (including phenoxy) is 1. The van der Waals surface area contributed by atoms with Gasteiger partial charge in [0, 0.05) is 11.6 Å². The summed E-state index contributed by atoms with van der Waals surface area (Å²) in [6, 6.07) is 3.35. The number of phenolic OH excluding ortho intramolecular Hbond substituents is 1. The van der Waals surface area contributed by atoms with Gasteiger partial charge in [0.15, 0.2) is 0 Å². The molecule has 1 aromatic carbocycles. The van der Waals surface area contributed by atoms with Gasteiger partial charge in [-0.25, -0.2) is 0 Å². The van der Waals surface area contributed by atoms with Crippen molar-refractivity contribution < 1.29 is 9.84 Å². The lowest BCUT2D eigenvalue weighted by Gasteiger charge is -2.15. The Hall–Kier alpha value is -0.740. The summed E-state index contributed by atoms with van der Waals surface area (Å²) < 4.78 is 5.74.